The average molecular weight is 458 g/mol. The molecule has 1 fully saturated rings. The van der Waals surface area contributed by atoms with Gasteiger partial charge >= 0.3 is 0 Å². The fourth-order valence-corrected chi connectivity index (χ4v) is 4.09. The smallest absolute Gasteiger partial charge is 0.231 e. The molecule has 9 heteroatoms. The molecular weight excluding hydrogens is 430 g/mol. The summed E-state index contributed by atoms with van der Waals surface area (Å²) in [4.78, 5) is 27.9. The number of aromatic hydroxyl groups is 1. The number of carbonyl (C=O) groups is 1. The third kappa shape index (κ3) is 4.93. The van der Waals surface area contributed by atoms with Crippen LogP contribution in [-0.4, -0.2) is 55.1 Å². The van der Waals surface area contributed by atoms with Crippen LogP contribution < -0.4 is 10.6 Å². The molecule has 2 aromatic heterocycles. The number of phenols is 1. The zero-order chi connectivity index (χ0) is 23.3. The molecule has 5 rings (SSSR count). The van der Waals surface area contributed by atoms with Crippen molar-refractivity contribution in [1.29, 1.82) is 0 Å². The van der Waals surface area contributed by atoms with Gasteiger partial charge in [-0.25, -0.2) is 4.98 Å². The number of rotatable bonds is 9. The lowest BCUT2D eigenvalue weighted by molar-refractivity contribution is -0.127. The van der Waals surface area contributed by atoms with Crippen LogP contribution in [0.2, 0.25) is 0 Å². The number of likely N-dealkylation sites (tertiary alicyclic amines) is 1. The number of fused-ring (bicyclic) bond motifs is 1. The first-order valence-electron chi connectivity index (χ1n) is 11.5. The van der Waals surface area contributed by atoms with Crippen LogP contribution >= 0.6 is 0 Å². The van der Waals surface area contributed by atoms with E-state index < -0.39 is 0 Å². The second kappa shape index (κ2) is 9.78. The molecule has 3 heterocycles. The predicted molar refractivity (Wildman–Crippen MR) is 131 cm³/mol. The summed E-state index contributed by atoms with van der Waals surface area (Å²) in [5.41, 5.74) is 3.41. The number of nitrogens with zero attached hydrogens (tertiary/aromatic N) is 5. The minimum Gasteiger partial charge on any atom is -0.508 e. The van der Waals surface area contributed by atoms with E-state index in [1.807, 2.05) is 51.9 Å². The molecule has 174 valence electrons. The van der Waals surface area contributed by atoms with Crippen LogP contribution in [0.25, 0.3) is 11.2 Å². The molecule has 3 N–H and O–H groups in total. The third-order valence-corrected chi connectivity index (χ3v) is 5.92. The van der Waals surface area contributed by atoms with Gasteiger partial charge in [0.2, 0.25) is 11.9 Å². The minimum atomic E-state index is 0.210. The first kappa shape index (κ1) is 21.7. The van der Waals surface area contributed by atoms with E-state index >= 15 is 0 Å². The molecule has 0 radical (unpaired) electrons. The monoisotopic (exact) mass is 457 g/mol. The van der Waals surface area contributed by atoms with Crippen LogP contribution in [0.3, 0.4) is 0 Å². The normalized spacial score (nSPS) is 13.5. The first-order chi connectivity index (χ1) is 16.7. The molecule has 9 nitrogen and oxygen atoms in total. The number of hydrogen-bond acceptors (Lipinski definition) is 7. The van der Waals surface area contributed by atoms with E-state index in [1.165, 1.54) is 0 Å². The molecule has 34 heavy (non-hydrogen) atoms. The Balaban J connectivity index is 1.38. The molecule has 0 bridgehead atoms. The van der Waals surface area contributed by atoms with Gasteiger partial charge in [0.15, 0.2) is 17.0 Å². The minimum absolute atomic E-state index is 0.210. The fourth-order valence-electron chi connectivity index (χ4n) is 4.09. The number of imidazole rings is 1. The van der Waals surface area contributed by atoms with E-state index in [-0.39, 0.29) is 11.7 Å². The molecule has 1 saturated heterocycles. The van der Waals surface area contributed by atoms with Crippen molar-refractivity contribution in [1.82, 2.24) is 24.4 Å². The summed E-state index contributed by atoms with van der Waals surface area (Å²) in [5.74, 6) is 1.59. The van der Waals surface area contributed by atoms with Crippen LogP contribution in [0, 0.1) is 0 Å². The predicted octanol–water partition coefficient (Wildman–Crippen LogP) is 3.55. The lowest BCUT2D eigenvalue weighted by atomic mass is 10.1. The maximum absolute atomic E-state index is 12.0. The molecule has 0 saturated carbocycles. The second-order valence-electron chi connectivity index (χ2n) is 8.32. The molecule has 0 atom stereocenters. The second-order valence-corrected chi connectivity index (χ2v) is 8.32. The molecule has 1 amide bonds. The highest BCUT2D eigenvalue weighted by Crippen LogP contribution is 2.23. The van der Waals surface area contributed by atoms with Gasteiger partial charge in [-0.2, -0.15) is 9.97 Å². The lowest BCUT2D eigenvalue weighted by Crippen LogP contribution is -2.28. The molecule has 0 spiro atoms. The average Bonchev–Trinajstić information content (AvgIpc) is 3.45. The fraction of sp³-hybridized carbons (Fsp3) is 0.280. The van der Waals surface area contributed by atoms with Gasteiger partial charge in [0, 0.05) is 38.3 Å². The summed E-state index contributed by atoms with van der Waals surface area (Å²) in [7, 11) is 0. The van der Waals surface area contributed by atoms with Crippen LogP contribution in [0.4, 0.5) is 17.5 Å². The van der Waals surface area contributed by atoms with Gasteiger partial charge in [0.25, 0.3) is 0 Å². The summed E-state index contributed by atoms with van der Waals surface area (Å²) < 4.78 is 1.98. The van der Waals surface area contributed by atoms with E-state index in [0.717, 1.165) is 30.6 Å². The third-order valence-electron chi connectivity index (χ3n) is 5.92. The Bertz CT molecular complexity index is 1270. The summed E-state index contributed by atoms with van der Waals surface area (Å²) in [5, 5.41) is 16.2. The number of amides is 1. The van der Waals surface area contributed by atoms with Crippen LogP contribution in [0.15, 0.2) is 60.9 Å². The van der Waals surface area contributed by atoms with Gasteiger partial charge < -0.3 is 25.2 Å². The SMILES string of the molecule is O=C1CCCN1CCn1cnc2c(NCCc3ccc(O)cc3)nc(Nc3ccccc3)nc21. The highest BCUT2D eigenvalue weighted by molar-refractivity contribution is 5.84. The molecule has 1 aliphatic heterocycles. The number of benzene rings is 2. The van der Waals surface area contributed by atoms with E-state index in [0.29, 0.717) is 49.0 Å². The standard InChI is InChI=1S/C25H27N7O2/c33-20-10-8-18(9-11-20)12-13-26-23-22-24(30-25(29-23)28-19-5-2-1-3-6-19)32(17-27-22)16-15-31-14-4-7-21(31)34/h1-3,5-6,8-11,17,33H,4,7,12-16H2,(H2,26,28,29,30). The van der Waals surface area contributed by atoms with Gasteiger partial charge in [-0.15, -0.1) is 0 Å². The number of anilines is 3. The van der Waals surface area contributed by atoms with Crippen LogP contribution in [0.5, 0.6) is 5.75 Å². The van der Waals surface area contributed by atoms with E-state index in [4.69, 9.17) is 9.97 Å². The number of phenolic OH excluding ortho intramolecular Hbond substituents is 1. The summed E-state index contributed by atoms with van der Waals surface area (Å²) in [6, 6.07) is 17.0. The Kier molecular flexibility index (Phi) is 6.24. The van der Waals surface area contributed by atoms with Gasteiger partial charge in [0.1, 0.15) is 5.75 Å². The maximum atomic E-state index is 12.0. The zero-order valence-corrected chi connectivity index (χ0v) is 18.8. The number of hydrogen-bond donors (Lipinski definition) is 3. The number of carbonyl (C=O) groups excluding carboxylic acids is 1. The quantitative estimate of drug-likeness (QED) is 0.353. The Hall–Kier alpha value is -4.14. The lowest BCUT2D eigenvalue weighted by Gasteiger charge is -2.16. The van der Waals surface area contributed by atoms with Crippen LogP contribution in [0.1, 0.15) is 18.4 Å². The van der Waals surface area contributed by atoms with Gasteiger partial charge in [-0.1, -0.05) is 30.3 Å². The zero-order valence-electron chi connectivity index (χ0n) is 18.8. The van der Waals surface area contributed by atoms with Crippen molar-refractivity contribution in [2.45, 2.75) is 25.8 Å². The van der Waals surface area contributed by atoms with Crippen molar-refractivity contribution >= 4 is 34.5 Å². The first-order valence-corrected chi connectivity index (χ1v) is 11.5. The summed E-state index contributed by atoms with van der Waals surface area (Å²) >= 11 is 0. The Morgan fingerprint density at radius 3 is 2.59 bits per heavy atom. The van der Waals surface area contributed by atoms with E-state index in [2.05, 4.69) is 15.6 Å². The molecule has 1 aliphatic rings. The van der Waals surface area contributed by atoms with Crippen LogP contribution in [-0.2, 0) is 17.8 Å². The number of aromatic nitrogens is 4. The van der Waals surface area contributed by atoms with E-state index in [1.54, 1.807) is 18.5 Å². The molecule has 0 unspecified atom stereocenters. The molecular formula is C25H27N7O2. The summed E-state index contributed by atoms with van der Waals surface area (Å²) in [6.07, 6.45) is 4.08. The largest absolute Gasteiger partial charge is 0.508 e. The van der Waals surface area contributed by atoms with Crippen molar-refractivity contribution in [3.05, 3.63) is 66.5 Å². The van der Waals surface area contributed by atoms with Crippen molar-refractivity contribution in [2.24, 2.45) is 0 Å². The number of nitrogens with one attached hydrogen (secondary N) is 2. The summed E-state index contributed by atoms with van der Waals surface area (Å²) in [6.45, 7) is 2.72. The Morgan fingerprint density at radius 1 is 1.00 bits per heavy atom. The molecule has 4 aromatic rings. The highest BCUT2D eigenvalue weighted by Gasteiger charge is 2.20. The molecule has 0 aliphatic carbocycles. The van der Waals surface area contributed by atoms with E-state index in [9.17, 15) is 9.90 Å². The highest BCUT2D eigenvalue weighted by atomic mass is 16.3. The van der Waals surface area contributed by atoms with Gasteiger partial charge in [-0.3, -0.25) is 4.79 Å². The van der Waals surface area contributed by atoms with Crippen molar-refractivity contribution in [3.63, 3.8) is 0 Å². The number of para-hydroxylation sites is 1. The van der Waals surface area contributed by atoms with Gasteiger partial charge in [-0.05, 0) is 42.7 Å². The van der Waals surface area contributed by atoms with Crippen molar-refractivity contribution in [2.75, 3.05) is 30.3 Å². The maximum Gasteiger partial charge on any atom is 0.231 e. The molecule has 2 aromatic carbocycles. The topological polar surface area (TPSA) is 108 Å². The Morgan fingerprint density at radius 2 is 1.82 bits per heavy atom. The Labute approximate surface area is 197 Å². The van der Waals surface area contributed by atoms with Gasteiger partial charge in [0.05, 0.1) is 6.33 Å². The van der Waals surface area contributed by atoms with Crippen molar-refractivity contribution in [3.8, 4) is 5.75 Å². The van der Waals surface area contributed by atoms with Crippen molar-refractivity contribution < 1.29 is 9.90 Å².